The van der Waals surface area contributed by atoms with Gasteiger partial charge in [0.05, 0.1) is 12.8 Å². The van der Waals surface area contributed by atoms with E-state index in [4.69, 9.17) is 10.5 Å². The molecule has 2 heterocycles. The molecule has 21 heavy (non-hydrogen) atoms. The van der Waals surface area contributed by atoms with Gasteiger partial charge in [-0.2, -0.15) is 19.8 Å². The molecule has 0 bridgehead atoms. The molecule has 0 spiro atoms. The summed E-state index contributed by atoms with van der Waals surface area (Å²) in [7, 11) is 1.55. The topological polar surface area (TPSA) is 136 Å². The van der Waals surface area contributed by atoms with Crippen LogP contribution in [0.15, 0.2) is 39.3 Å². The molecule has 0 radical (unpaired) electrons. The lowest BCUT2D eigenvalue weighted by Crippen LogP contribution is -2.16. The molecule has 0 aliphatic heterocycles. The Kier molecular flexibility index (Phi) is 3.03. The van der Waals surface area contributed by atoms with Crippen molar-refractivity contribution >= 4 is 23.0 Å². The van der Waals surface area contributed by atoms with Gasteiger partial charge in [0.15, 0.2) is 11.5 Å². The molecule has 0 amide bonds. The number of nitrogens with two attached hydrogens (primary N) is 1. The number of nitrogens with zero attached hydrogens (tertiary/aromatic N) is 6. The summed E-state index contributed by atoms with van der Waals surface area (Å²) in [6, 6.07) is 6.90. The van der Waals surface area contributed by atoms with Crippen LogP contribution < -0.4 is 16.0 Å². The molecule has 3 rings (SSSR count). The molecule has 0 unspecified atom stereocenters. The minimum Gasteiger partial charge on any atom is -0.497 e. The maximum atomic E-state index is 12.1. The molecule has 0 saturated heterocycles. The van der Waals surface area contributed by atoms with Crippen LogP contribution in [0.5, 0.6) is 5.75 Å². The number of hydrogen-bond donors (Lipinski definition) is 2. The van der Waals surface area contributed by atoms with E-state index in [1.165, 1.54) is 0 Å². The van der Waals surface area contributed by atoms with E-state index >= 15 is 0 Å². The highest BCUT2D eigenvalue weighted by Gasteiger charge is 2.12. The molecule has 3 aromatic rings. The van der Waals surface area contributed by atoms with Crippen molar-refractivity contribution in [3.8, 4) is 5.75 Å². The summed E-state index contributed by atoms with van der Waals surface area (Å²) in [4.78, 5) is 16.0. The number of methoxy groups -OCH3 is 1. The van der Waals surface area contributed by atoms with Gasteiger partial charge >= 0.3 is 5.56 Å². The second-order valence-electron chi connectivity index (χ2n) is 3.99. The molecule has 0 aliphatic carbocycles. The Balaban J connectivity index is 2.04. The Morgan fingerprint density at radius 2 is 2.24 bits per heavy atom. The number of aromatic nitrogens is 5. The van der Waals surface area contributed by atoms with Crippen LogP contribution in [0.4, 0.5) is 17.2 Å². The number of fused-ring (bicyclic) bond motifs is 1. The zero-order valence-electron chi connectivity index (χ0n) is 10.9. The third kappa shape index (κ3) is 2.29. The number of hydrogen-bond acceptors (Lipinski definition) is 8. The minimum absolute atomic E-state index is 0.0674. The van der Waals surface area contributed by atoms with Crippen molar-refractivity contribution in [2.45, 2.75) is 0 Å². The van der Waals surface area contributed by atoms with Crippen molar-refractivity contribution < 1.29 is 4.74 Å². The van der Waals surface area contributed by atoms with Gasteiger partial charge in [-0.05, 0) is 17.3 Å². The summed E-state index contributed by atoms with van der Waals surface area (Å²) in [6.45, 7) is 0. The lowest BCUT2D eigenvalue weighted by molar-refractivity contribution is 0.415. The van der Waals surface area contributed by atoms with Crippen molar-refractivity contribution in [3.05, 3.63) is 34.6 Å². The average molecular weight is 286 g/mol. The standard InChI is InChI=1S/C11H10N8O2/c1-21-7-4-2-3-6(5-7)14-15-8-9(12)13-11-16-17-18-19(11)10(8)20/h2-5H,12H2,1H3,(H,13,16,18). The number of benzene rings is 1. The first-order valence-electron chi connectivity index (χ1n) is 5.84. The van der Waals surface area contributed by atoms with Gasteiger partial charge in [-0.25, -0.2) is 0 Å². The van der Waals surface area contributed by atoms with Crippen LogP contribution in [0.2, 0.25) is 0 Å². The minimum atomic E-state index is -0.533. The van der Waals surface area contributed by atoms with E-state index in [-0.39, 0.29) is 17.3 Å². The van der Waals surface area contributed by atoms with Gasteiger partial charge < -0.3 is 10.5 Å². The number of azo groups is 1. The van der Waals surface area contributed by atoms with Crippen LogP contribution in [0, 0.1) is 0 Å². The summed E-state index contributed by atoms with van der Waals surface area (Å²) in [5, 5.41) is 17.3. The van der Waals surface area contributed by atoms with Crippen molar-refractivity contribution in [2.75, 3.05) is 12.8 Å². The summed E-state index contributed by atoms with van der Waals surface area (Å²) in [6.07, 6.45) is 0. The van der Waals surface area contributed by atoms with Crippen molar-refractivity contribution in [1.29, 1.82) is 0 Å². The number of H-pyrrole nitrogens is 1. The van der Waals surface area contributed by atoms with Crippen molar-refractivity contribution in [1.82, 2.24) is 25.0 Å². The predicted octanol–water partition coefficient (Wildman–Crippen LogP) is 0.819. The third-order valence-electron chi connectivity index (χ3n) is 2.67. The van der Waals surface area contributed by atoms with Crippen molar-refractivity contribution in [3.63, 3.8) is 0 Å². The molecule has 2 aromatic heterocycles. The molecule has 0 aliphatic rings. The molecule has 3 N–H and O–H groups in total. The normalized spacial score (nSPS) is 11.3. The predicted molar refractivity (Wildman–Crippen MR) is 73.0 cm³/mol. The van der Waals surface area contributed by atoms with Gasteiger partial charge in [-0.1, -0.05) is 11.2 Å². The summed E-state index contributed by atoms with van der Waals surface area (Å²) in [5.74, 6) is 0.626. The molecule has 10 nitrogen and oxygen atoms in total. The Hall–Kier alpha value is -3.30. The Bertz CT molecular complexity index is 881. The quantitative estimate of drug-likeness (QED) is 0.684. The van der Waals surface area contributed by atoms with E-state index in [0.29, 0.717) is 11.4 Å². The van der Waals surface area contributed by atoms with Gasteiger partial charge in [-0.3, -0.25) is 4.79 Å². The Morgan fingerprint density at radius 3 is 3.05 bits per heavy atom. The van der Waals surface area contributed by atoms with Crippen LogP contribution in [0.3, 0.4) is 0 Å². The maximum Gasteiger partial charge on any atom is 0.305 e. The fraction of sp³-hybridized carbons (Fsp3) is 0.0909. The number of rotatable bonds is 3. The number of anilines is 1. The van der Waals surface area contributed by atoms with Crippen LogP contribution in [0.1, 0.15) is 0 Å². The Morgan fingerprint density at radius 1 is 1.38 bits per heavy atom. The second kappa shape index (κ2) is 5.00. The van der Waals surface area contributed by atoms with E-state index in [0.717, 1.165) is 4.52 Å². The average Bonchev–Trinajstić information content (AvgIpc) is 2.95. The van der Waals surface area contributed by atoms with E-state index in [2.05, 4.69) is 30.7 Å². The molecule has 10 heteroatoms. The van der Waals surface area contributed by atoms with Gasteiger partial charge in [0.2, 0.25) is 0 Å². The fourth-order valence-electron chi connectivity index (χ4n) is 1.66. The van der Waals surface area contributed by atoms with Crippen LogP contribution in [-0.2, 0) is 0 Å². The number of aromatic amines is 1. The molecule has 1 aromatic carbocycles. The van der Waals surface area contributed by atoms with Gasteiger partial charge in [0, 0.05) is 6.07 Å². The number of ether oxygens (including phenoxy) is 1. The highest BCUT2D eigenvalue weighted by Crippen LogP contribution is 2.22. The smallest absolute Gasteiger partial charge is 0.305 e. The van der Waals surface area contributed by atoms with Crippen LogP contribution >= 0.6 is 0 Å². The number of tetrazole rings is 1. The third-order valence-corrected chi connectivity index (χ3v) is 2.67. The first kappa shape index (κ1) is 12.7. The van der Waals surface area contributed by atoms with E-state index in [1.807, 2.05) is 0 Å². The van der Waals surface area contributed by atoms with E-state index in [1.54, 1.807) is 31.4 Å². The summed E-state index contributed by atoms with van der Waals surface area (Å²) in [5.41, 5.74) is 5.57. The SMILES string of the molecule is COc1cccc(N=Nc2c(N)nc3nn[nH]n3c2=O)c1. The summed E-state index contributed by atoms with van der Waals surface area (Å²) >= 11 is 0. The molecular formula is C11H10N8O2. The number of nitrogens with one attached hydrogen (secondary N) is 1. The first-order valence-corrected chi connectivity index (χ1v) is 5.84. The largest absolute Gasteiger partial charge is 0.497 e. The highest BCUT2D eigenvalue weighted by atomic mass is 16.5. The zero-order chi connectivity index (χ0) is 14.8. The van der Waals surface area contributed by atoms with Crippen molar-refractivity contribution in [2.24, 2.45) is 10.2 Å². The van der Waals surface area contributed by atoms with Crippen LogP contribution in [0.25, 0.3) is 5.78 Å². The van der Waals surface area contributed by atoms with E-state index in [9.17, 15) is 4.79 Å². The molecule has 0 atom stereocenters. The van der Waals surface area contributed by atoms with E-state index < -0.39 is 5.56 Å². The highest BCUT2D eigenvalue weighted by molar-refractivity contribution is 5.58. The zero-order valence-corrected chi connectivity index (χ0v) is 10.9. The van der Waals surface area contributed by atoms with Gasteiger partial charge in [0.25, 0.3) is 5.78 Å². The molecule has 0 saturated carbocycles. The number of nitrogen functional groups attached to an aromatic ring is 1. The molecular weight excluding hydrogens is 276 g/mol. The molecule has 106 valence electrons. The van der Waals surface area contributed by atoms with Gasteiger partial charge in [0.1, 0.15) is 5.75 Å². The lowest BCUT2D eigenvalue weighted by Gasteiger charge is -2.00. The molecule has 0 fully saturated rings. The van der Waals surface area contributed by atoms with Gasteiger partial charge in [-0.15, -0.1) is 5.11 Å². The van der Waals surface area contributed by atoms with Crippen LogP contribution in [-0.4, -0.2) is 32.1 Å². The lowest BCUT2D eigenvalue weighted by atomic mass is 10.3. The summed E-state index contributed by atoms with van der Waals surface area (Å²) < 4.78 is 6.10. The second-order valence-corrected chi connectivity index (χ2v) is 3.99. The fourth-order valence-corrected chi connectivity index (χ4v) is 1.66. The maximum absolute atomic E-state index is 12.1. The first-order chi connectivity index (χ1) is 10.2. The Labute approximate surface area is 117 Å². The monoisotopic (exact) mass is 286 g/mol.